The van der Waals surface area contributed by atoms with Crippen LogP contribution in [0.3, 0.4) is 0 Å². The number of rotatable bonds is 7. The number of aromatic nitrogens is 2. The Morgan fingerprint density at radius 1 is 1.15 bits per heavy atom. The highest BCUT2D eigenvalue weighted by Gasteiger charge is 2.07. The van der Waals surface area contributed by atoms with Gasteiger partial charge in [0.05, 0.1) is 12.1 Å². The standard InChI is InChI=1S/C20H22N4O2/c1-24(13-8-16-6-10-21-11-7-16)20(25)23-12-14-26-18-4-5-19-17(15-18)3-2-9-22-19/h2-7,9-11,15H,8,12-14H2,1H3,(H,23,25). The lowest BCUT2D eigenvalue weighted by Gasteiger charge is -2.18. The zero-order valence-corrected chi connectivity index (χ0v) is 14.8. The number of benzene rings is 1. The van der Waals surface area contributed by atoms with Crippen molar-refractivity contribution in [3.8, 4) is 5.75 Å². The molecule has 0 saturated carbocycles. The van der Waals surface area contributed by atoms with Crippen molar-refractivity contribution in [2.45, 2.75) is 6.42 Å². The highest BCUT2D eigenvalue weighted by atomic mass is 16.5. The van der Waals surface area contributed by atoms with Crippen LogP contribution >= 0.6 is 0 Å². The normalized spacial score (nSPS) is 10.5. The van der Waals surface area contributed by atoms with Crippen molar-refractivity contribution >= 4 is 16.9 Å². The minimum atomic E-state index is -0.106. The molecule has 0 unspecified atom stereocenters. The number of urea groups is 1. The number of hydrogen-bond donors (Lipinski definition) is 1. The molecule has 0 saturated heterocycles. The van der Waals surface area contributed by atoms with Crippen molar-refractivity contribution in [3.63, 3.8) is 0 Å². The third kappa shape index (κ3) is 4.92. The molecule has 134 valence electrons. The van der Waals surface area contributed by atoms with Crippen LogP contribution in [0.2, 0.25) is 0 Å². The second-order valence-corrected chi connectivity index (χ2v) is 5.97. The average molecular weight is 350 g/mol. The summed E-state index contributed by atoms with van der Waals surface area (Å²) in [6.45, 7) is 1.51. The van der Waals surface area contributed by atoms with Crippen LogP contribution in [0.4, 0.5) is 4.79 Å². The van der Waals surface area contributed by atoms with Gasteiger partial charge in [0.25, 0.3) is 0 Å². The number of carbonyl (C=O) groups excluding carboxylic acids is 1. The summed E-state index contributed by atoms with van der Waals surface area (Å²) >= 11 is 0. The van der Waals surface area contributed by atoms with Gasteiger partial charge in [0.2, 0.25) is 0 Å². The van der Waals surface area contributed by atoms with Gasteiger partial charge in [-0.3, -0.25) is 9.97 Å². The van der Waals surface area contributed by atoms with Crippen LogP contribution in [-0.2, 0) is 6.42 Å². The molecule has 2 aromatic heterocycles. The summed E-state index contributed by atoms with van der Waals surface area (Å²) in [5.41, 5.74) is 2.10. The Labute approximate surface area is 152 Å². The van der Waals surface area contributed by atoms with Gasteiger partial charge in [-0.05, 0) is 48.4 Å². The quantitative estimate of drug-likeness (QED) is 0.665. The van der Waals surface area contributed by atoms with E-state index in [1.807, 2.05) is 42.5 Å². The maximum Gasteiger partial charge on any atom is 0.317 e. The number of carbonyl (C=O) groups is 1. The average Bonchev–Trinajstić information content (AvgIpc) is 2.70. The number of amides is 2. The number of pyridine rings is 2. The predicted octanol–water partition coefficient (Wildman–Crippen LogP) is 2.89. The van der Waals surface area contributed by atoms with Gasteiger partial charge in [-0.2, -0.15) is 0 Å². The number of hydrogen-bond acceptors (Lipinski definition) is 4. The fourth-order valence-electron chi connectivity index (χ4n) is 2.55. The molecule has 1 N–H and O–H groups in total. The number of nitrogens with one attached hydrogen (secondary N) is 1. The molecule has 2 heterocycles. The fourth-order valence-corrected chi connectivity index (χ4v) is 2.55. The van der Waals surface area contributed by atoms with E-state index in [4.69, 9.17) is 4.74 Å². The minimum Gasteiger partial charge on any atom is -0.492 e. The van der Waals surface area contributed by atoms with E-state index in [0.717, 1.165) is 28.6 Å². The molecule has 0 aliphatic rings. The van der Waals surface area contributed by atoms with Crippen molar-refractivity contribution in [1.29, 1.82) is 0 Å². The van der Waals surface area contributed by atoms with Crippen molar-refractivity contribution in [3.05, 3.63) is 66.6 Å². The van der Waals surface area contributed by atoms with E-state index in [1.165, 1.54) is 0 Å². The molecule has 2 amide bonds. The molecule has 0 aliphatic heterocycles. The number of fused-ring (bicyclic) bond motifs is 1. The highest BCUT2D eigenvalue weighted by molar-refractivity contribution is 5.79. The first-order valence-corrected chi connectivity index (χ1v) is 8.58. The van der Waals surface area contributed by atoms with E-state index >= 15 is 0 Å². The molecule has 0 radical (unpaired) electrons. The van der Waals surface area contributed by atoms with Crippen molar-refractivity contribution in [1.82, 2.24) is 20.2 Å². The molecule has 1 aromatic carbocycles. The lowest BCUT2D eigenvalue weighted by Crippen LogP contribution is -2.40. The SMILES string of the molecule is CN(CCc1ccncc1)C(=O)NCCOc1ccc2ncccc2c1. The van der Waals surface area contributed by atoms with Gasteiger partial charge < -0.3 is 15.0 Å². The van der Waals surface area contributed by atoms with E-state index < -0.39 is 0 Å². The maximum absolute atomic E-state index is 12.1. The van der Waals surface area contributed by atoms with Crippen LogP contribution in [0.25, 0.3) is 10.9 Å². The lowest BCUT2D eigenvalue weighted by molar-refractivity contribution is 0.206. The zero-order valence-electron chi connectivity index (χ0n) is 14.8. The number of ether oxygens (including phenoxy) is 1. The number of nitrogens with zero attached hydrogens (tertiary/aromatic N) is 3. The Kier molecular flexibility index (Phi) is 5.98. The molecule has 3 aromatic rings. The highest BCUT2D eigenvalue weighted by Crippen LogP contribution is 2.18. The molecule has 0 aliphatic carbocycles. The molecule has 0 spiro atoms. The maximum atomic E-state index is 12.1. The zero-order chi connectivity index (χ0) is 18.2. The Morgan fingerprint density at radius 3 is 2.85 bits per heavy atom. The third-order valence-corrected chi connectivity index (χ3v) is 4.05. The third-order valence-electron chi connectivity index (χ3n) is 4.05. The lowest BCUT2D eigenvalue weighted by atomic mass is 10.2. The Hall–Kier alpha value is -3.15. The fraction of sp³-hybridized carbons (Fsp3) is 0.250. The van der Waals surface area contributed by atoms with Crippen LogP contribution in [-0.4, -0.2) is 47.6 Å². The van der Waals surface area contributed by atoms with Gasteiger partial charge in [-0.25, -0.2) is 4.79 Å². The van der Waals surface area contributed by atoms with E-state index in [0.29, 0.717) is 19.7 Å². The molecule has 0 fully saturated rings. The smallest absolute Gasteiger partial charge is 0.317 e. The molecule has 3 rings (SSSR count). The largest absolute Gasteiger partial charge is 0.492 e. The molecular formula is C20H22N4O2. The summed E-state index contributed by atoms with van der Waals surface area (Å²) in [6, 6.07) is 13.5. The Balaban J connectivity index is 1.38. The van der Waals surface area contributed by atoms with Gasteiger partial charge in [-0.15, -0.1) is 0 Å². The second-order valence-electron chi connectivity index (χ2n) is 5.97. The molecule has 6 heteroatoms. The van der Waals surface area contributed by atoms with Gasteiger partial charge >= 0.3 is 6.03 Å². The van der Waals surface area contributed by atoms with Crippen LogP contribution in [0.15, 0.2) is 61.1 Å². The van der Waals surface area contributed by atoms with Crippen LogP contribution in [0.1, 0.15) is 5.56 Å². The van der Waals surface area contributed by atoms with E-state index in [1.54, 1.807) is 30.5 Å². The Bertz CT molecular complexity index is 855. The van der Waals surface area contributed by atoms with Crippen LogP contribution < -0.4 is 10.1 Å². The summed E-state index contributed by atoms with van der Waals surface area (Å²) in [5, 5.41) is 3.90. The summed E-state index contributed by atoms with van der Waals surface area (Å²) in [4.78, 5) is 22.0. The Morgan fingerprint density at radius 2 is 2.00 bits per heavy atom. The summed E-state index contributed by atoms with van der Waals surface area (Å²) in [7, 11) is 1.79. The van der Waals surface area contributed by atoms with Crippen molar-refractivity contribution in [2.24, 2.45) is 0 Å². The molecular weight excluding hydrogens is 328 g/mol. The summed E-state index contributed by atoms with van der Waals surface area (Å²) < 4.78 is 5.71. The summed E-state index contributed by atoms with van der Waals surface area (Å²) in [6.07, 6.45) is 6.09. The summed E-state index contributed by atoms with van der Waals surface area (Å²) in [5.74, 6) is 0.769. The molecule has 0 bridgehead atoms. The monoisotopic (exact) mass is 350 g/mol. The number of likely N-dealkylation sites (N-methyl/N-ethyl adjacent to an activating group) is 1. The predicted molar refractivity (Wildman–Crippen MR) is 101 cm³/mol. The van der Waals surface area contributed by atoms with Crippen LogP contribution in [0, 0.1) is 0 Å². The van der Waals surface area contributed by atoms with Gasteiger partial charge in [-0.1, -0.05) is 6.07 Å². The first kappa shape index (κ1) is 17.7. The topological polar surface area (TPSA) is 67.4 Å². The van der Waals surface area contributed by atoms with E-state index in [9.17, 15) is 4.79 Å². The van der Waals surface area contributed by atoms with Gasteiger partial charge in [0.15, 0.2) is 0 Å². The van der Waals surface area contributed by atoms with E-state index in [-0.39, 0.29) is 6.03 Å². The van der Waals surface area contributed by atoms with Crippen molar-refractivity contribution in [2.75, 3.05) is 26.7 Å². The second kappa shape index (κ2) is 8.80. The first-order valence-electron chi connectivity index (χ1n) is 8.58. The van der Waals surface area contributed by atoms with Crippen LogP contribution in [0.5, 0.6) is 5.75 Å². The molecule has 6 nitrogen and oxygen atoms in total. The van der Waals surface area contributed by atoms with Crippen molar-refractivity contribution < 1.29 is 9.53 Å². The van der Waals surface area contributed by atoms with Gasteiger partial charge in [0, 0.05) is 37.6 Å². The molecule has 0 atom stereocenters. The minimum absolute atomic E-state index is 0.106. The first-order chi connectivity index (χ1) is 12.7. The molecule has 26 heavy (non-hydrogen) atoms. The van der Waals surface area contributed by atoms with Gasteiger partial charge in [0.1, 0.15) is 12.4 Å². The van der Waals surface area contributed by atoms with E-state index in [2.05, 4.69) is 15.3 Å².